The van der Waals surface area contributed by atoms with Crippen LogP contribution >= 0.6 is 23.2 Å². The molecule has 2 aromatic heterocycles. The van der Waals surface area contributed by atoms with Crippen LogP contribution in [0.5, 0.6) is 0 Å². The number of pyridine rings is 1. The zero-order chi connectivity index (χ0) is 16.6. The van der Waals surface area contributed by atoms with Gasteiger partial charge < -0.3 is 5.32 Å². The van der Waals surface area contributed by atoms with Crippen molar-refractivity contribution in [3.8, 4) is 0 Å². The van der Waals surface area contributed by atoms with Crippen LogP contribution in [0.4, 0.5) is 10.1 Å². The van der Waals surface area contributed by atoms with Gasteiger partial charge in [-0.2, -0.15) is 0 Å². The molecule has 1 amide bonds. The molecule has 118 valence electrons. The quantitative estimate of drug-likeness (QED) is 0.749. The third-order valence-corrected chi connectivity index (χ3v) is 3.91. The normalized spacial score (nSPS) is 11.0. The molecule has 1 N–H and O–H groups in total. The maximum atomic E-state index is 13.2. The van der Waals surface area contributed by atoms with E-state index in [2.05, 4.69) is 10.3 Å². The molecule has 4 nitrogen and oxygen atoms in total. The SMILES string of the molecule is CCc1nc2cc(Cl)ccn2c1C(=O)Nc1ccc(F)c(Cl)c1. The van der Waals surface area contributed by atoms with Crippen LogP contribution in [0.1, 0.15) is 23.1 Å². The Balaban J connectivity index is 2.01. The summed E-state index contributed by atoms with van der Waals surface area (Å²) in [5.41, 5.74) is 2.07. The van der Waals surface area contributed by atoms with E-state index in [1.165, 1.54) is 18.2 Å². The van der Waals surface area contributed by atoms with E-state index in [0.717, 1.165) is 0 Å². The van der Waals surface area contributed by atoms with Crippen molar-refractivity contribution >= 4 is 40.4 Å². The van der Waals surface area contributed by atoms with Gasteiger partial charge in [0.1, 0.15) is 17.2 Å². The number of aryl methyl sites for hydroxylation is 1. The zero-order valence-electron chi connectivity index (χ0n) is 12.1. The molecule has 0 radical (unpaired) electrons. The predicted molar refractivity (Wildman–Crippen MR) is 88.9 cm³/mol. The molecule has 0 aliphatic heterocycles. The molecule has 3 aromatic rings. The number of aromatic nitrogens is 2. The molecule has 23 heavy (non-hydrogen) atoms. The van der Waals surface area contributed by atoms with E-state index >= 15 is 0 Å². The van der Waals surface area contributed by atoms with Crippen molar-refractivity contribution < 1.29 is 9.18 Å². The minimum Gasteiger partial charge on any atom is -0.321 e. The molecule has 0 spiro atoms. The fourth-order valence-electron chi connectivity index (χ4n) is 2.32. The number of imidazole rings is 1. The lowest BCUT2D eigenvalue weighted by molar-refractivity contribution is 0.102. The first-order valence-electron chi connectivity index (χ1n) is 6.92. The maximum absolute atomic E-state index is 13.2. The molecule has 0 atom stereocenters. The molecule has 0 saturated heterocycles. The summed E-state index contributed by atoms with van der Waals surface area (Å²) < 4.78 is 14.9. The average molecular weight is 352 g/mol. The largest absolute Gasteiger partial charge is 0.321 e. The zero-order valence-corrected chi connectivity index (χ0v) is 13.6. The lowest BCUT2D eigenvalue weighted by Crippen LogP contribution is -2.16. The van der Waals surface area contributed by atoms with Gasteiger partial charge in [0.25, 0.3) is 5.91 Å². The number of hydrogen-bond acceptors (Lipinski definition) is 2. The van der Waals surface area contributed by atoms with E-state index in [4.69, 9.17) is 23.2 Å². The van der Waals surface area contributed by atoms with Gasteiger partial charge in [0, 0.05) is 23.0 Å². The number of halogens is 3. The Morgan fingerprint density at radius 2 is 2.09 bits per heavy atom. The van der Waals surface area contributed by atoms with Crippen molar-refractivity contribution in [3.05, 3.63) is 63.8 Å². The first-order chi connectivity index (χ1) is 11.0. The topological polar surface area (TPSA) is 46.4 Å². The Labute approximate surface area is 141 Å². The molecule has 0 saturated carbocycles. The Bertz CT molecular complexity index is 908. The van der Waals surface area contributed by atoms with Crippen LogP contribution in [0, 0.1) is 5.82 Å². The van der Waals surface area contributed by atoms with Crippen molar-refractivity contribution in [2.75, 3.05) is 5.32 Å². The van der Waals surface area contributed by atoms with Crippen molar-refractivity contribution in [1.29, 1.82) is 0 Å². The smallest absolute Gasteiger partial charge is 0.274 e. The summed E-state index contributed by atoms with van der Waals surface area (Å²) in [4.78, 5) is 17.0. The highest BCUT2D eigenvalue weighted by atomic mass is 35.5. The van der Waals surface area contributed by atoms with E-state index in [-0.39, 0.29) is 10.9 Å². The van der Waals surface area contributed by atoms with Crippen molar-refractivity contribution in [1.82, 2.24) is 9.38 Å². The monoisotopic (exact) mass is 351 g/mol. The molecule has 0 bridgehead atoms. The first kappa shape index (κ1) is 15.8. The summed E-state index contributed by atoms with van der Waals surface area (Å²) in [6.45, 7) is 1.91. The van der Waals surface area contributed by atoms with E-state index in [9.17, 15) is 9.18 Å². The Kier molecular flexibility index (Phi) is 4.24. The minimum atomic E-state index is -0.539. The van der Waals surface area contributed by atoms with Crippen molar-refractivity contribution in [2.24, 2.45) is 0 Å². The van der Waals surface area contributed by atoms with Crippen LogP contribution < -0.4 is 5.32 Å². The van der Waals surface area contributed by atoms with Gasteiger partial charge in [0.15, 0.2) is 0 Å². The lowest BCUT2D eigenvalue weighted by Gasteiger charge is -2.07. The van der Waals surface area contributed by atoms with Gasteiger partial charge in [-0.1, -0.05) is 30.1 Å². The van der Waals surface area contributed by atoms with Crippen LogP contribution in [-0.2, 0) is 6.42 Å². The number of carbonyl (C=O) groups is 1. The highest BCUT2D eigenvalue weighted by molar-refractivity contribution is 6.31. The molecular weight excluding hydrogens is 340 g/mol. The summed E-state index contributed by atoms with van der Waals surface area (Å²) in [5, 5.41) is 3.20. The van der Waals surface area contributed by atoms with E-state index in [1.807, 2.05) is 6.92 Å². The highest BCUT2D eigenvalue weighted by Gasteiger charge is 2.18. The molecule has 2 heterocycles. The first-order valence-corrected chi connectivity index (χ1v) is 7.68. The van der Waals surface area contributed by atoms with E-state index in [0.29, 0.717) is 34.2 Å². The maximum Gasteiger partial charge on any atom is 0.274 e. The number of rotatable bonds is 3. The third kappa shape index (κ3) is 3.02. The van der Waals surface area contributed by atoms with E-state index < -0.39 is 5.82 Å². The molecule has 3 rings (SSSR count). The number of hydrogen-bond donors (Lipinski definition) is 1. The van der Waals surface area contributed by atoms with Crippen LogP contribution in [-0.4, -0.2) is 15.3 Å². The Morgan fingerprint density at radius 1 is 1.30 bits per heavy atom. The molecule has 0 aliphatic rings. The second-order valence-electron chi connectivity index (χ2n) is 4.92. The summed E-state index contributed by atoms with van der Waals surface area (Å²) in [7, 11) is 0. The minimum absolute atomic E-state index is 0.0524. The number of nitrogens with zero attached hydrogens (tertiary/aromatic N) is 2. The van der Waals surface area contributed by atoms with Crippen LogP contribution in [0.15, 0.2) is 36.5 Å². The second-order valence-corrected chi connectivity index (χ2v) is 5.76. The number of amides is 1. The van der Waals surface area contributed by atoms with Gasteiger partial charge in [0.05, 0.1) is 10.7 Å². The molecule has 0 fully saturated rings. The van der Waals surface area contributed by atoms with Gasteiger partial charge in [0.2, 0.25) is 0 Å². The van der Waals surface area contributed by atoms with E-state index in [1.54, 1.807) is 22.7 Å². The molecule has 7 heteroatoms. The molecule has 1 aromatic carbocycles. The lowest BCUT2D eigenvalue weighted by atomic mass is 10.2. The summed E-state index contributed by atoms with van der Waals surface area (Å²) in [5.74, 6) is -0.886. The molecule has 0 aliphatic carbocycles. The number of nitrogens with one attached hydrogen (secondary N) is 1. The number of anilines is 1. The van der Waals surface area contributed by atoms with Crippen molar-refractivity contribution in [2.45, 2.75) is 13.3 Å². The Hall–Kier alpha value is -2.11. The van der Waals surface area contributed by atoms with Gasteiger partial charge in [-0.25, -0.2) is 9.37 Å². The van der Waals surface area contributed by atoms with Crippen LogP contribution in [0.3, 0.4) is 0 Å². The fraction of sp³-hybridized carbons (Fsp3) is 0.125. The number of fused-ring (bicyclic) bond motifs is 1. The fourth-order valence-corrected chi connectivity index (χ4v) is 2.65. The molecular formula is C16H12Cl2FN3O. The van der Waals surface area contributed by atoms with Crippen molar-refractivity contribution in [3.63, 3.8) is 0 Å². The average Bonchev–Trinajstić information content (AvgIpc) is 2.88. The molecule has 0 unspecified atom stereocenters. The Morgan fingerprint density at radius 3 is 2.78 bits per heavy atom. The third-order valence-electron chi connectivity index (χ3n) is 3.39. The van der Waals surface area contributed by atoms with Crippen LogP contribution in [0.25, 0.3) is 5.65 Å². The second kappa shape index (κ2) is 6.18. The van der Waals surface area contributed by atoms with Gasteiger partial charge in [-0.3, -0.25) is 9.20 Å². The van der Waals surface area contributed by atoms with Gasteiger partial charge >= 0.3 is 0 Å². The highest BCUT2D eigenvalue weighted by Crippen LogP contribution is 2.22. The standard InChI is InChI=1S/C16H12Cl2FN3O/c1-2-13-15(22-6-5-9(17)7-14(22)21-13)16(23)20-10-3-4-12(19)11(18)8-10/h3-8H,2H2,1H3,(H,20,23). The van der Waals surface area contributed by atoms with Gasteiger partial charge in [-0.15, -0.1) is 0 Å². The summed E-state index contributed by atoms with van der Waals surface area (Å²) >= 11 is 11.7. The number of carbonyl (C=O) groups excluding carboxylic acids is 1. The van der Waals surface area contributed by atoms with Gasteiger partial charge in [-0.05, 0) is 30.7 Å². The number of benzene rings is 1. The van der Waals surface area contributed by atoms with Crippen LogP contribution in [0.2, 0.25) is 10.0 Å². The predicted octanol–water partition coefficient (Wildman–Crippen LogP) is 4.59. The summed E-state index contributed by atoms with van der Waals surface area (Å²) in [6, 6.07) is 7.38. The summed E-state index contributed by atoms with van der Waals surface area (Å²) in [6.07, 6.45) is 2.28.